The largest absolute Gasteiger partial charge is 0.472 e. The third kappa shape index (κ3) is 1.56. The van der Waals surface area contributed by atoms with Crippen LogP contribution in [0.4, 0.5) is 0 Å². The van der Waals surface area contributed by atoms with E-state index in [1.54, 1.807) is 12.5 Å². The molecule has 15 heavy (non-hydrogen) atoms. The molecule has 3 nitrogen and oxygen atoms in total. The van der Waals surface area contributed by atoms with Gasteiger partial charge in [-0.15, -0.1) is 0 Å². The number of fused-ring (bicyclic) bond motifs is 1. The van der Waals surface area contributed by atoms with Crippen LogP contribution in [-0.2, 0) is 6.42 Å². The van der Waals surface area contributed by atoms with E-state index in [0.29, 0.717) is 6.42 Å². The molecule has 76 valence electrons. The lowest BCUT2D eigenvalue weighted by Gasteiger charge is -2.07. The minimum atomic E-state index is -0.236. The number of para-hydroxylation sites is 2. The number of rotatable bonds is 2. The summed E-state index contributed by atoms with van der Waals surface area (Å²) in [6.07, 6.45) is 3.82. The van der Waals surface area contributed by atoms with Gasteiger partial charge < -0.3 is 13.9 Å². The summed E-state index contributed by atoms with van der Waals surface area (Å²) < 4.78 is 16.2. The zero-order valence-corrected chi connectivity index (χ0v) is 8.05. The van der Waals surface area contributed by atoms with E-state index in [1.165, 1.54) is 0 Å². The van der Waals surface area contributed by atoms with E-state index < -0.39 is 0 Å². The monoisotopic (exact) mass is 202 g/mol. The molecule has 0 fully saturated rings. The van der Waals surface area contributed by atoms with Crippen LogP contribution in [0.15, 0.2) is 47.3 Å². The fourth-order valence-corrected chi connectivity index (χ4v) is 1.64. The Balaban J connectivity index is 1.74. The van der Waals surface area contributed by atoms with E-state index in [1.807, 2.05) is 30.3 Å². The standard InChI is InChI=1S/C12H10O3/c1-2-4-11-10(3-1)14-12(15-11)7-9-5-6-13-8-9/h1-6,8,12H,7H2. The van der Waals surface area contributed by atoms with Gasteiger partial charge in [0.2, 0.25) is 6.29 Å². The molecular formula is C12H10O3. The average Bonchev–Trinajstić information content (AvgIpc) is 2.86. The van der Waals surface area contributed by atoms with Crippen molar-refractivity contribution in [3.8, 4) is 11.5 Å². The molecule has 1 aromatic heterocycles. The van der Waals surface area contributed by atoms with Crippen LogP contribution in [0, 0.1) is 0 Å². The van der Waals surface area contributed by atoms with Crippen LogP contribution in [0.3, 0.4) is 0 Å². The average molecular weight is 202 g/mol. The minimum Gasteiger partial charge on any atom is -0.472 e. The molecule has 2 heterocycles. The molecule has 0 saturated carbocycles. The van der Waals surface area contributed by atoms with Gasteiger partial charge in [0, 0.05) is 0 Å². The highest BCUT2D eigenvalue weighted by Crippen LogP contribution is 2.34. The van der Waals surface area contributed by atoms with Crippen molar-refractivity contribution in [3.05, 3.63) is 48.4 Å². The molecule has 1 aromatic carbocycles. The number of benzene rings is 1. The Kier molecular flexibility index (Phi) is 1.88. The Hall–Kier alpha value is -1.90. The molecule has 0 saturated heterocycles. The van der Waals surface area contributed by atoms with Crippen LogP contribution >= 0.6 is 0 Å². The van der Waals surface area contributed by atoms with Crippen LogP contribution in [0.1, 0.15) is 5.56 Å². The second kappa shape index (κ2) is 3.35. The Morgan fingerprint density at radius 1 is 1.00 bits per heavy atom. The van der Waals surface area contributed by atoms with E-state index in [2.05, 4.69) is 0 Å². The fraction of sp³-hybridized carbons (Fsp3) is 0.167. The molecule has 0 amide bonds. The third-order valence-corrected chi connectivity index (χ3v) is 2.35. The lowest BCUT2D eigenvalue weighted by atomic mass is 10.2. The molecule has 0 bridgehead atoms. The molecule has 3 rings (SSSR count). The first-order valence-electron chi connectivity index (χ1n) is 4.85. The SMILES string of the molecule is c1ccc2c(c1)OC(Cc1ccoc1)O2. The third-order valence-electron chi connectivity index (χ3n) is 2.35. The van der Waals surface area contributed by atoms with E-state index in [-0.39, 0.29) is 6.29 Å². The first-order valence-corrected chi connectivity index (χ1v) is 4.85. The zero-order chi connectivity index (χ0) is 10.1. The maximum Gasteiger partial charge on any atom is 0.245 e. The van der Waals surface area contributed by atoms with E-state index in [9.17, 15) is 0 Å². The number of hydrogen-bond acceptors (Lipinski definition) is 3. The molecule has 2 aromatic rings. The molecule has 0 atom stereocenters. The van der Waals surface area contributed by atoms with Crippen molar-refractivity contribution < 1.29 is 13.9 Å². The van der Waals surface area contributed by atoms with E-state index >= 15 is 0 Å². The predicted octanol–water partition coefficient (Wildman–Crippen LogP) is 2.62. The Labute approximate surface area is 87.2 Å². The van der Waals surface area contributed by atoms with Gasteiger partial charge in [-0.25, -0.2) is 0 Å². The summed E-state index contributed by atoms with van der Waals surface area (Å²) in [6, 6.07) is 9.59. The van der Waals surface area contributed by atoms with Crippen LogP contribution in [0.25, 0.3) is 0 Å². The van der Waals surface area contributed by atoms with Gasteiger partial charge in [-0.2, -0.15) is 0 Å². The van der Waals surface area contributed by atoms with Crippen LogP contribution in [0.2, 0.25) is 0 Å². The molecule has 0 unspecified atom stereocenters. The van der Waals surface area contributed by atoms with Gasteiger partial charge in [-0.05, 0) is 23.8 Å². The van der Waals surface area contributed by atoms with Crippen molar-refractivity contribution >= 4 is 0 Å². The van der Waals surface area contributed by atoms with Crippen molar-refractivity contribution in [1.29, 1.82) is 0 Å². The number of ether oxygens (including phenoxy) is 2. The number of hydrogen-bond donors (Lipinski definition) is 0. The van der Waals surface area contributed by atoms with Gasteiger partial charge >= 0.3 is 0 Å². The van der Waals surface area contributed by atoms with Crippen molar-refractivity contribution in [2.75, 3.05) is 0 Å². The second-order valence-corrected chi connectivity index (χ2v) is 3.45. The van der Waals surface area contributed by atoms with Gasteiger partial charge in [0.15, 0.2) is 11.5 Å². The first kappa shape index (κ1) is 8.41. The molecular weight excluding hydrogens is 192 g/mol. The first-order chi connectivity index (χ1) is 7.42. The molecule has 0 aliphatic carbocycles. The van der Waals surface area contributed by atoms with Crippen molar-refractivity contribution in [1.82, 2.24) is 0 Å². The maximum absolute atomic E-state index is 5.62. The van der Waals surface area contributed by atoms with Crippen LogP contribution in [-0.4, -0.2) is 6.29 Å². The molecule has 1 aliphatic heterocycles. The quantitative estimate of drug-likeness (QED) is 0.750. The normalized spacial score (nSPS) is 14.4. The Morgan fingerprint density at radius 2 is 1.73 bits per heavy atom. The molecule has 1 aliphatic rings. The topological polar surface area (TPSA) is 31.6 Å². The van der Waals surface area contributed by atoms with E-state index in [4.69, 9.17) is 13.9 Å². The highest BCUT2D eigenvalue weighted by molar-refractivity contribution is 5.41. The maximum atomic E-state index is 5.62. The summed E-state index contributed by atoms with van der Waals surface area (Å²) in [5.74, 6) is 1.62. The van der Waals surface area contributed by atoms with Crippen molar-refractivity contribution in [2.45, 2.75) is 12.7 Å². The summed E-state index contributed by atoms with van der Waals surface area (Å²) >= 11 is 0. The molecule has 0 radical (unpaired) electrons. The van der Waals surface area contributed by atoms with Gasteiger partial charge in [0.1, 0.15) is 0 Å². The van der Waals surface area contributed by atoms with Crippen LogP contribution < -0.4 is 9.47 Å². The summed E-state index contributed by atoms with van der Waals surface area (Å²) in [7, 11) is 0. The summed E-state index contributed by atoms with van der Waals surface area (Å²) in [6.45, 7) is 0. The molecule has 3 heteroatoms. The van der Waals surface area contributed by atoms with Crippen molar-refractivity contribution in [3.63, 3.8) is 0 Å². The Bertz CT molecular complexity index is 420. The van der Waals surface area contributed by atoms with Crippen molar-refractivity contribution in [2.24, 2.45) is 0 Å². The summed E-state index contributed by atoms with van der Waals surface area (Å²) in [5, 5.41) is 0. The van der Waals surface area contributed by atoms with Gasteiger partial charge in [0.25, 0.3) is 0 Å². The Morgan fingerprint density at radius 3 is 2.33 bits per heavy atom. The lowest BCUT2D eigenvalue weighted by Crippen LogP contribution is -2.20. The smallest absolute Gasteiger partial charge is 0.245 e. The predicted molar refractivity (Wildman–Crippen MR) is 53.9 cm³/mol. The fourth-order valence-electron chi connectivity index (χ4n) is 1.64. The summed E-state index contributed by atoms with van der Waals surface area (Å²) in [5.41, 5.74) is 1.08. The summed E-state index contributed by atoms with van der Waals surface area (Å²) in [4.78, 5) is 0. The van der Waals surface area contributed by atoms with Gasteiger partial charge in [-0.1, -0.05) is 12.1 Å². The van der Waals surface area contributed by atoms with E-state index in [0.717, 1.165) is 17.1 Å². The highest BCUT2D eigenvalue weighted by Gasteiger charge is 2.23. The second-order valence-electron chi connectivity index (χ2n) is 3.45. The minimum absolute atomic E-state index is 0.236. The lowest BCUT2D eigenvalue weighted by molar-refractivity contribution is 0.0501. The molecule has 0 N–H and O–H groups in total. The number of furan rings is 1. The highest BCUT2D eigenvalue weighted by atomic mass is 16.7. The van der Waals surface area contributed by atoms with Gasteiger partial charge in [-0.3, -0.25) is 0 Å². The molecule has 0 spiro atoms. The zero-order valence-electron chi connectivity index (χ0n) is 8.05. The van der Waals surface area contributed by atoms with Gasteiger partial charge in [0.05, 0.1) is 18.9 Å². The van der Waals surface area contributed by atoms with Crippen LogP contribution in [0.5, 0.6) is 11.5 Å².